The molecule has 0 aromatic heterocycles. The van der Waals surface area contributed by atoms with Crippen molar-refractivity contribution in [1.82, 2.24) is 5.32 Å². The molecule has 0 aliphatic rings. The van der Waals surface area contributed by atoms with Gasteiger partial charge in [-0.15, -0.1) is 0 Å². The van der Waals surface area contributed by atoms with E-state index in [9.17, 15) is 0 Å². The van der Waals surface area contributed by atoms with Crippen LogP contribution in [0.3, 0.4) is 0 Å². The first-order chi connectivity index (χ1) is 7.13. The molecule has 0 radical (unpaired) electrons. The molecule has 1 atom stereocenters. The Morgan fingerprint density at radius 1 is 1.33 bits per heavy atom. The van der Waals surface area contributed by atoms with Gasteiger partial charge >= 0.3 is 0 Å². The Balaban J connectivity index is 2.49. The maximum absolute atomic E-state index is 3.54. The van der Waals surface area contributed by atoms with Gasteiger partial charge < -0.3 is 5.32 Å². The fourth-order valence-corrected chi connectivity index (χ4v) is 2.79. The third-order valence-electron chi connectivity index (χ3n) is 2.43. The molecule has 1 rings (SSSR count). The largest absolute Gasteiger partial charge is 0.309 e. The molecule has 3 heteroatoms. The number of hydrogen-bond donors (Lipinski definition) is 1. The van der Waals surface area contributed by atoms with Gasteiger partial charge in [0.25, 0.3) is 0 Å². The van der Waals surface area contributed by atoms with E-state index in [0.717, 1.165) is 16.3 Å². The van der Waals surface area contributed by atoms with Crippen LogP contribution in [-0.4, -0.2) is 11.4 Å². The molecule has 0 bridgehead atoms. The SMILES string of the molecule is CC(C)C(CBr)NCc1cccc(Br)c1. The molecule has 0 heterocycles. The third-order valence-corrected chi connectivity index (χ3v) is 3.62. The minimum Gasteiger partial charge on any atom is -0.309 e. The van der Waals surface area contributed by atoms with Crippen LogP contribution in [0.5, 0.6) is 0 Å². The van der Waals surface area contributed by atoms with E-state index in [1.54, 1.807) is 0 Å². The number of benzene rings is 1. The molecule has 1 N–H and O–H groups in total. The minimum atomic E-state index is 0.531. The average Bonchev–Trinajstić information content (AvgIpc) is 2.18. The Kier molecular flexibility index (Phi) is 5.87. The van der Waals surface area contributed by atoms with Crippen molar-refractivity contribution >= 4 is 31.9 Å². The molecule has 0 saturated heterocycles. The van der Waals surface area contributed by atoms with Gasteiger partial charge in [-0.2, -0.15) is 0 Å². The lowest BCUT2D eigenvalue weighted by atomic mass is 10.1. The van der Waals surface area contributed by atoms with E-state index in [0.29, 0.717) is 12.0 Å². The highest BCUT2D eigenvalue weighted by Crippen LogP contribution is 2.12. The third kappa shape index (κ3) is 4.66. The Bertz CT molecular complexity index is 299. The summed E-state index contributed by atoms with van der Waals surface area (Å²) in [6, 6.07) is 8.94. The second-order valence-corrected chi connectivity index (χ2v) is 5.58. The van der Waals surface area contributed by atoms with Crippen molar-refractivity contribution in [3.8, 4) is 0 Å². The van der Waals surface area contributed by atoms with Crippen LogP contribution in [0.15, 0.2) is 28.7 Å². The molecule has 15 heavy (non-hydrogen) atoms. The maximum atomic E-state index is 3.54. The van der Waals surface area contributed by atoms with Crippen LogP contribution >= 0.6 is 31.9 Å². The average molecular weight is 335 g/mol. The zero-order valence-corrected chi connectivity index (χ0v) is 12.3. The van der Waals surface area contributed by atoms with Gasteiger partial charge in [-0.3, -0.25) is 0 Å². The molecule has 0 aliphatic carbocycles. The summed E-state index contributed by atoms with van der Waals surface area (Å²) in [6.45, 7) is 5.40. The summed E-state index contributed by atoms with van der Waals surface area (Å²) in [5, 5.41) is 4.54. The van der Waals surface area contributed by atoms with E-state index in [-0.39, 0.29) is 0 Å². The number of alkyl halides is 1. The van der Waals surface area contributed by atoms with Crippen LogP contribution in [-0.2, 0) is 6.54 Å². The lowest BCUT2D eigenvalue weighted by Crippen LogP contribution is -2.34. The van der Waals surface area contributed by atoms with E-state index in [1.165, 1.54) is 5.56 Å². The van der Waals surface area contributed by atoms with Crippen LogP contribution in [0.1, 0.15) is 19.4 Å². The van der Waals surface area contributed by atoms with Crippen molar-refractivity contribution < 1.29 is 0 Å². The molecule has 0 aliphatic heterocycles. The van der Waals surface area contributed by atoms with Crippen molar-refractivity contribution in [1.29, 1.82) is 0 Å². The van der Waals surface area contributed by atoms with Crippen LogP contribution in [0.25, 0.3) is 0 Å². The standard InChI is InChI=1S/C12H17Br2N/c1-9(2)12(7-13)15-8-10-4-3-5-11(14)6-10/h3-6,9,12,15H,7-8H2,1-2H3. The quantitative estimate of drug-likeness (QED) is 0.804. The van der Waals surface area contributed by atoms with E-state index < -0.39 is 0 Å². The minimum absolute atomic E-state index is 0.531. The van der Waals surface area contributed by atoms with Crippen molar-refractivity contribution in [2.24, 2.45) is 5.92 Å². The molecule has 0 spiro atoms. The molecular formula is C12H17Br2N. The Morgan fingerprint density at radius 3 is 2.60 bits per heavy atom. The zero-order valence-electron chi connectivity index (χ0n) is 9.13. The Labute approximate surface area is 109 Å². The Hall–Kier alpha value is 0.140. The summed E-state index contributed by atoms with van der Waals surface area (Å²) in [6.07, 6.45) is 0. The lowest BCUT2D eigenvalue weighted by molar-refractivity contribution is 0.434. The topological polar surface area (TPSA) is 12.0 Å². The Morgan fingerprint density at radius 2 is 2.07 bits per heavy atom. The molecule has 0 fully saturated rings. The van der Waals surface area contributed by atoms with Crippen molar-refractivity contribution in [3.63, 3.8) is 0 Å². The summed E-state index contributed by atoms with van der Waals surface area (Å²) in [4.78, 5) is 0. The molecule has 1 aromatic rings. The smallest absolute Gasteiger partial charge is 0.0208 e. The van der Waals surface area contributed by atoms with Gasteiger partial charge in [0.1, 0.15) is 0 Å². The number of rotatable bonds is 5. The van der Waals surface area contributed by atoms with E-state index in [4.69, 9.17) is 0 Å². The predicted molar refractivity (Wildman–Crippen MR) is 73.4 cm³/mol. The lowest BCUT2D eigenvalue weighted by Gasteiger charge is -2.20. The molecule has 1 nitrogen and oxygen atoms in total. The highest BCUT2D eigenvalue weighted by Gasteiger charge is 2.10. The fourth-order valence-electron chi connectivity index (χ4n) is 1.36. The fraction of sp³-hybridized carbons (Fsp3) is 0.500. The molecule has 0 amide bonds. The normalized spacial score (nSPS) is 13.1. The van der Waals surface area contributed by atoms with Crippen LogP contribution < -0.4 is 5.32 Å². The summed E-state index contributed by atoms with van der Waals surface area (Å²) < 4.78 is 1.14. The molecule has 1 aromatic carbocycles. The first-order valence-corrected chi connectivity index (χ1v) is 7.08. The van der Waals surface area contributed by atoms with Crippen LogP contribution in [0.2, 0.25) is 0 Å². The van der Waals surface area contributed by atoms with Gasteiger partial charge in [0.2, 0.25) is 0 Å². The van der Waals surface area contributed by atoms with Crippen molar-refractivity contribution in [2.45, 2.75) is 26.4 Å². The van der Waals surface area contributed by atoms with Crippen LogP contribution in [0.4, 0.5) is 0 Å². The number of hydrogen-bond acceptors (Lipinski definition) is 1. The molecular weight excluding hydrogens is 318 g/mol. The molecule has 1 unspecified atom stereocenters. The van der Waals surface area contributed by atoms with Gasteiger partial charge in [-0.25, -0.2) is 0 Å². The molecule has 84 valence electrons. The summed E-state index contributed by atoms with van der Waals surface area (Å²) in [5.41, 5.74) is 1.32. The van der Waals surface area contributed by atoms with E-state index >= 15 is 0 Å². The van der Waals surface area contributed by atoms with Gasteiger partial charge in [0.05, 0.1) is 0 Å². The second kappa shape index (κ2) is 6.66. The van der Waals surface area contributed by atoms with Gasteiger partial charge in [-0.05, 0) is 23.6 Å². The predicted octanol–water partition coefficient (Wildman–Crippen LogP) is 3.96. The van der Waals surface area contributed by atoms with E-state index in [2.05, 4.69) is 69.2 Å². The number of halogens is 2. The summed E-state index contributed by atoms with van der Waals surface area (Å²) in [7, 11) is 0. The van der Waals surface area contributed by atoms with Crippen LogP contribution in [0, 0.1) is 5.92 Å². The van der Waals surface area contributed by atoms with Gasteiger partial charge in [-0.1, -0.05) is 57.8 Å². The van der Waals surface area contributed by atoms with Crippen molar-refractivity contribution in [3.05, 3.63) is 34.3 Å². The molecule has 0 saturated carbocycles. The summed E-state index contributed by atoms with van der Waals surface area (Å²) >= 11 is 7.01. The van der Waals surface area contributed by atoms with Gasteiger partial charge in [0.15, 0.2) is 0 Å². The zero-order chi connectivity index (χ0) is 11.3. The monoisotopic (exact) mass is 333 g/mol. The first-order valence-electron chi connectivity index (χ1n) is 5.17. The van der Waals surface area contributed by atoms with Crippen molar-refractivity contribution in [2.75, 3.05) is 5.33 Å². The van der Waals surface area contributed by atoms with Gasteiger partial charge in [0, 0.05) is 22.4 Å². The summed E-state index contributed by atoms with van der Waals surface area (Å²) in [5.74, 6) is 0.650. The maximum Gasteiger partial charge on any atom is 0.0208 e. The highest BCUT2D eigenvalue weighted by molar-refractivity contribution is 9.10. The highest BCUT2D eigenvalue weighted by atomic mass is 79.9. The first kappa shape index (κ1) is 13.2. The number of nitrogens with one attached hydrogen (secondary N) is 1. The second-order valence-electron chi connectivity index (χ2n) is 4.02. The van der Waals surface area contributed by atoms with E-state index in [1.807, 2.05) is 6.07 Å².